The molecule has 1 heterocycles. The summed E-state index contributed by atoms with van der Waals surface area (Å²) in [6, 6.07) is 11.8. The lowest BCUT2D eigenvalue weighted by Gasteiger charge is -2.21. The van der Waals surface area contributed by atoms with Crippen molar-refractivity contribution in [2.45, 2.75) is 13.0 Å². The van der Waals surface area contributed by atoms with Gasteiger partial charge in [0.15, 0.2) is 0 Å². The van der Waals surface area contributed by atoms with Crippen LogP contribution in [0.5, 0.6) is 0 Å². The third-order valence-corrected chi connectivity index (χ3v) is 6.43. The summed E-state index contributed by atoms with van der Waals surface area (Å²) in [5.74, 6) is -0.290. The fourth-order valence-corrected chi connectivity index (χ4v) is 4.38. The van der Waals surface area contributed by atoms with Crippen LogP contribution in [0.2, 0.25) is 15.1 Å². The van der Waals surface area contributed by atoms with Crippen molar-refractivity contribution in [3.05, 3.63) is 79.2 Å². The minimum atomic E-state index is -0.305. The highest BCUT2D eigenvalue weighted by Crippen LogP contribution is 2.21. The fourth-order valence-electron chi connectivity index (χ4n) is 2.97. The Kier molecular flexibility index (Phi) is 9.98. The molecule has 0 saturated carbocycles. The number of aromatic nitrogens is 1. The molecule has 0 atom stereocenters. The maximum Gasteiger partial charge on any atom is 0.322 e. The van der Waals surface area contributed by atoms with Crippen molar-refractivity contribution >= 4 is 63.8 Å². The van der Waals surface area contributed by atoms with Crippen LogP contribution in [0.15, 0.2) is 47.8 Å². The lowest BCUT2D eigenvalue weighted by Crippen LogP contribution is -2.36. The predicted octanol–water partition coefficient (Wildman–Crippen LogP) is 5.76. The summed E-state index contributed by atoms with van der Waals surface area (Å²) in [7, 11) is 1.57. The molecule has 0 bridgehead atoms. The quantitative estimate of drug-likeness (QED) is 0.342. The lowest BCUT2D eigenvalue weighted by molar-refractivity contribution is 0.0949. The smallest absolute Gasteiger partial charge is 0.322 e. The number of carbonyl (C=O) groups excluding carboxylic acids is 2. The van der Waals surface area contributed by atoms with E-state index in [1.54, 1.807) is 53.8 Å². The summed E-state index contributed by atoms with van der Waals surface area (Å²) in [5.41, 5.74) is 1.81. The number of benzene rings is 2. The van der Waals surface area contributed by atoms with Crippen LogP contribution in [0, 0.1) is 0 Å². The first kappa shape index (κ1) is 26.2. The van der Waals surface area contributed by atoms with Crippen molar-refractivity contribution in [2.75, 3.05) is 32.1 Å². The topological polar surface area (TPSA) is 83.6 Å². The average Bonchev–Trinajstić information content (AvgIpc) is 3.28. The van der Waals surface area contributed by atoms with Gasteiger partial charge >= 0.3 is 6.03 Å². The molecule has 0 fully saturated rings. The van der Waals surface area contributed by atoms with Crippen molar-refractivity contribution in [1.29, 1.82) is 0 Å². The van der Waals surface area contributed by atoms with Gasteiger partial charge in [-0.1, -0.05) is 40.9 Å². The summed E-state index contributed by atoms with van der Waals surface area (Å²) in [4.78, 5) is 31.2. The standard InChI is InChI=1S/C23H23Cl3N4O3S/c1-33-11-10-30(23(32)28-18-6-4-16(24)5-7-18)13-21-29-20(14-34-21)22(31)27-9-8-15-2-3-17(25)12-19(15)26/h2-7,12,14H,8-11,13H2,1H3,(H,27,31)(H,28,32). The fraction of sp³-hybridized carbons (Fsp3) is 0.261. The summed E-state index contributed by atoms with van der Waals surface area (Å²) in [6.07, 6.45) is 0.564. The van der Waals surface area contributed by atoms with Crippen LogP contribution >= 0.6 is 46.1 Å². The number of methoxy groups -OCH3 is 1. The van der Waals surface area contributed by atoms with Gasteiger partial charge in [0.05, 0.1) is 13.2 Å². The van der Waals surface area contributed by atoms with E-state index in [0.29, 0.717) is 57.6 Å². The molecule has 2 N–H and O–H groups in total. The Balaban J connectivity index is 1.56. The van der Waals surface area contributed by atoms with Gasteiger partial charge in [0, 0.05) is 46.3 Å². The number of halogens is 3. The largest absolute Gasteiger partial charge is 0.383 e. The summed E-state index contributed by atoms with van der Waals surface area (Å²) in [6.45, 7) is 1.36. The maximum atomic E-state index is 12.8. The van der Waals surface area contributed by atoms with E-state index in [1.165, 1.54) is 11.3 Å². The first-order valence-electron chi connectivity index (χ1n) is 10.3. The van der Waals surface area contributed by atoms with Gasteiger partial charge < -0.3 is 20.3 Å². The molecule has 3 aromatic rings. The van der Waals surface area contributed by atoms with Gasteiger partial charge in [-0.25, -0.2) is 9.78 Å². The van der Waals surface area contributed by atoms with Crippen LogP contribution < -0.4 is 10.6 Å². The zero-order valence-corrected chi connectivity index (χ0v) is 21.4. The van der Waals surface area contributed by atoms with E-state index in [4.69, 9.17) is 39.5 Å². The van der Waals surface area contributed by atoms with E-state index in [2.05, 4.69) is 15.6 Å². The van der Waals surface area contributed by atoms with Gasteiger partial charge in [-0.2, -0.15) is 0 Å². The molecule has 0 aliphatic heterocycles. The Morgan fingerprint density at radius 2 is 1.82 bits per heavy atom. The average molecular weight is 542 g/mol. The van der Waals surface area contributed by atoms with Crippen molar-refractivity contribution < 1.29 is 14.3 Å². The van der Waals surface area contributed by atoms with E-state index in [-0.39, 0.29) is 18.5 Å². The molecule has 3 amide bonds. The molecular formula is C23H23Cl3N4O3S. The zero-order chi connectivity index (χ0) is 24.5. The molecular weight excluding hydrogens is 519 g/mol. The zero-order valence-electron chi connectivity index (χ0n) is 18.3. The molecule has 0 aliphatic rings. The van der Waals surface area contributed by atoms with Gasteiger partial charge in [-0.05, 0) is 48.4 Å². The second-order valence-electron chi connectivity index (χ2n) is 7.22. The molecule has 0 spiro atoms. The maximum absolute atomic E-state index is 12.8. The number of rotatable bonds is 10. The van der Waals surface area contributed by atoms with E-state index < -0.39 is 0 Å². The highest BCUT2D eigenvalue weighted by atomic mass is 35.5. The molecule has 1 aromatic heterocycles. The summed E-state index contributed by atoms with van der Waals surface area (Å²) < 4.78 is 5.13. The van der Waals surface area contributed by atoms with E-state index in [9.17, 15) is 9.59 Å². The number of nitrogens with zero attached hydrogens (tertiary/aromatic N) is 2. The molecule has 180 valence electrons. The SMILES string of the molecule is COCCN(Cc1nc(C(=O)NCCc2ccc(Cl)cc2Cl)cs1)C(=O)Nc1ccc(Cl)cc1. The van der Waals surface area contributed by atoms with Gasteiger partial charge in [-0.3, -0.25) is 4.79 Å². The molecule has 0 saturated heterocycles. The Bertz CT molecular complexity index is 1120. The van der Waals surface area contributed by atoms with Gasteiger partial charge in [-0.15, -0.1) is 11.3 Å². The van der Waals surface area contributed by atoms with E-state index >= 15 is 0 Å². The summed E-state index contributed by atoms with van der Waals surface area (Å²) >= 11 is 19.3. The molecule has 3 rings (SSSR count). The molecule has 2 aromatic carbocycles. The Hall–Kier alpha value is -2.36. The number of hydrogen-bond acceptors (Lipinski definition) is 5. The first-order chi connectivity index (χ1) is 16.4. The molecule has 7 nitrogen and oxygen atoms in total. The van der Waals surface area contributed by atoms with Crippen LogP contribution in [-0.2, 0) is 17.7 Å². The molecule has 0 radical (unpaired) electrons. The Morgan fingerprint density at radius 3 is 2.53 bits per heavy atom. The summed E-state index contributed by atoms with van der Waals surface area (Å²) in [5, 5.41) is 9.68. The number of anilines is 1. The number of thiazole rings is 1. The predicted molar refractivity (Wildman–Crippen MR) is 137 cm³/mol. The third-order valence-electron chi connectivity index (χ3n) is 4.75. The second kappa shape index (κ2) is 12.9. The number of nitrogens with one attached hydrogen (secondary N) is 2. The third kappa shape index (κ3) is 7.85. The van der Waals surface area contributed by atoms with Gasteiger partial charge in [0.1, 0.15) is 10.7 Å². The normalized spacial score (nSPS) is 10.7. The number of amides is 3. The second-order valence-corrected chi connectivity index (χ2v) is 9.44. The van der Waals surface area contributed by atoms with E-state index in [0.717, 1.165) is 5.56 Å². The molecule has 0 aliphatic carbocycles. The lowest BCUT2D eigenvalue weighted by atomic mass is 10.1. The van der Waals surface area contributed by atoms with Crippen molar-refractivity contribution in [1.82, 2.24) is 15.2 Å². The van der Waals surface area contributed by atoms with Gasteiger partial charge in [0.2, 0.25) is 0 Å². The minimum Gasteiger partial charge on any atom is -0.383 e. The highest BCUT2D eigenvalue weighted by Gasteiger charge is 2.18. The number of hydrogen-bond donors (Lipinski definition) is 2. The number of urea groups is 1. The van der Waals surface area contributed by atoms with Crippen molar-refractivity contribution in [3.63, 3.8) is 0 Å². The number of ether oxygens (including phenoxy) is 1. The Morgan fingerprint density at radius 1 is 1.09 bits per heavy atom. The molecule has 0 unspecified atom stereocenters. The Labute approximate surface area is 217 Å². The van der Waals surface area contributed by atoms with Crippen LogP contribution in [0.3, 0.4) is 0 Å². The molecule has 34 heavy (non-hydrogen) atoms. The van der Waals surface area contributed by atoms with Crippen LogP contribution in [-0.4, -0.2) is 48.6 Å². The highest BCUT2D eigenvalue weighted by molar-refractivity contribution is 7.09. The van der Waals surface area contributed by atoms with Crippen LogP contribution in [0.4, 0.5) is 10.5 Å². The number of carbonyl (C=O) groups is 2. The van der Waals surface area contributed by atoms with Gasteiger partial charge in [0.25, 0.3) is 5.91 Å². The monoisotopic (exact) mass is 540 g/mol. The minimum absolute atomic E-state index is 0.237. The first-order valence-corrected chi connectivity index (χ1v) is 12.3. The van der Waals surface area contributed by atoms with E-state index in [1.807, 2.05) is 6.07 Å². The van der Waals surface area contributed by atoms with Crippen molar-refractivity contribution in [3.8, 4) is 0 Å². The van der Waals surface area contributed by atoms with Crippen LogP contribution in [0.1, 0.15) is 21.1 Å². The van der Waals surface area contributed by atoms with Crippen LogP contribution in [0.25, 0.3) is 0 Å². The van der Waals surface area contributed by atoms with Crippen molar-refractivity contribution in [2.24, 2.45) is 0 Å². The molecule has 11 heteroatoms.